The normalized spacial score (nSPS) is 11.5. The SMILES string of the molecule is CC(=O)c1ccc(NC(=O)[C@H](C)OC(=O)c2ccc(-c3ccc(C(C)=O)cc3)o2)cc1. The Bertz CT molecular complexity index is 1130. The van der Waals surface area contributed by atoms with Crippen LogP contribution in [0.15, 0.2) is 65.1 Å². The number of ketones is 2. The number of carbonyl (C=O) groups excluding carboxylic acids is 4. The summed E-state index contributed by atoms with van der Waals surface area (Å²) in [5, 5.41) is 2.62. The molecule has 0 radical (unpaired) electrons. The molecule has 0 aliphatic carbocycles. The van der Waals surface area contributed by atoms with Crippen molar-refractivity contribution in [2.45, 2.75) is 26.9 Å². The van der Waals surface area contributed by atoms with Crippen molar-refractivity contribution < 1.29 is 28.3 Å². The van der Waals surface area contributed by atoms with Crippen LogP contribution in [0.3, 0.4) is 0 Å². The Morgan fingerprint density at radius 2 is 1.35 bits per heavy atom. The molecule has 1 atom stereocenters. The number of hydrogen-bond donors (Lipinski definition) is 1. The van der Waals surface area contributed by atoms with Gasteiger partial charge in [-0.1, -0.05) is 24.3 Å². The zero-order valence-electron chi connectivity index (χ0n) is 17.3. The third-order valence-corrected chi connectivity index (χ3v) is 4.60. The summed E-state index contributed by atoms with van der Waals surface area (Å²) in [6.45, 7) is 4.38. The minimum Gasteiger partial charge on any atom is -0.449 e. The second kappa shape index (κ2) is 9.21. The summed E-state index contributed by atoms with van der Waals surface area (Å²) in [7, 11) is 0. The number of esters is 1. The van der Waals surface area contributed by atoms with E-state index in [-0.39, 0.29) is 17.3 Å². The number of amides is 1. The van der Waals surface area contributed by atoms with E-state index in [0.717, 1.165) is 0 Å². The Balaban J connectivity index is 1.61. The zero-order valence-corrected chi connectivity index (χ0v) is 17.3. The molecule has 3 aromatic rings. The van der Waals surface area contributed by atoms with E-state index in [2.05, 4.69) is 5.32 Å². The van der Waals surface area contributed by atoms with Gasteiger partial charge in [0.15, 0.2) is 17.7 Å². The van der Waals surface area contributed by atoms with E-state index in [1.54, 1.807) is 54.6 Å². The highest BCUT2D eigenvalue weighted by atomic mass is 16.6. The molecular weight excluding hydrogens is 398 g/mol. The third kappa shape index (κ3) is 5.33. The molecule has 0 spiro atoms. The first-order chi connectivity index (χ1) is 14.7. The molecule has 158 valence electrons. The lowest BCUT2D eigenvalue weighted by Crippen LogP contribution is -2.29. The van der Waals surface area contributed by atoms with Crippen molar-refractivity contribution in [2.24, 2.45) is 0 Å². The van der Waals surface area contributed by atoms with E-state index in [4.69, 9.17) is 9.15 Å². The molecule has 2 aromatic carbocycles. The van der Waals surface area contributed by atoms with E-state index >= 15 is 0 Å². The molecule has 1 heterocycles. The van der Waals surface area contributed by atoms with Gasteiger partial charge in [-0.15, -0.1) is 0 Å². The lowest BCUT2D eigenvalue weighted by Gasteiger charge is -2.13. The van der Waals surface area contributed by atoms with E-state index in [1.165, 1.54) is 26.8 Å². The monoisotopic (exact) mass is 419 g/mol. The second-order valence-corrected chi connectivity index (χ2v) is 6.97. The van der Waals surface area contributed by atoms with Gasteiger partial charge in [0, 0.05) is 22.4 Å². The van der Waals surface area contributed by atoms with Crippen LogP contribution in [0, 0.1) is 0 Å². The van der Waals surface area contributed by atoms with E-state index < -0.39 is 18.0 Å². The molecule has 31 heavy (non-hydrogen) atoms. The number of hydrogen-bond acceptors (Lipinski definition) is 6. The summed E-state index contributed by atoms with van der Waals surface area (Å²) in [4.78, 5) is 47.3. The van der Waals surface area contributed by atoms with Gasteiger partial charge in [0.25, 0.3) is 5.91 Å². The number of ether oxygens (including phenoxy) is 1. The topological polar surface area (TPSA) is 103 Å². The van der Waals surface area contributed by atoms with Crippen molar-refractivity contribution in [3.8, 4) is 11.3 Å². The van der Waals surface area contributed by atoms with Gasteiger partial charge >= 0.3 is 5.97 Å². The number of nitrogens with one attached hydrogen (secondary N) is 1. The van der Waals surface area contributed by atoms with Crippen LogP contribution in [0.5, 0.6) is 0 Å². The largest absolute Gasteiger partial charge is 0.449 e. The standard InChI is InChI=1S/C24H21NO6/c1-14(26)17-4-6-19(7-5-17)21-12-13-22(31-21)24(29)30-16(3)23(28)25-20-10-8-18(9-11-20)15(2)27/h4-13,16H,1-3H3,(H,25,28)/t16-/m0/s1. The van der Waals surface area contributed by atoms with Crippen LogP contribution in [0.2, 0.25) is 0 Å². The summed E-state index contributed by atoms with van der Waals surface area (Å²) >= 11 is 0. The predicted molar refractivity (Wildman–Crippen MR) is 114 cm³/mol. The number of anilines is 1. The number of furan rings is 1. The molecule has 0 aliphatic heterocycles. The fourth-order valence-corrected chi connectivity index (χ4v) is 2.78. The molecule has 0 saturated heterocycles. The first-order valence-corrected chi connectivity index (χ1v) is 9.58. The number of carbonyl (C=O) groups is 4. The summed E-state index contributed by atoms with van der Waals surface area (Å²) in [6.07, 6.45) is -1.07. The van der Waals surface area contributed by atoms with E-state index in [1.807, 2.05) is 0 Å². The van der Waals surface area contributed by atoms with Gasteiger partial charge in [0.1, 0.15) is 5.76 Å². The third-order valence-electron chi connectivity index (χ3n) is 4.60. The highest BCUT2D eigenvalue weighted by Crippen LogP contribution is 2.23. The molecule has 1 aromatic heterocycles. The predicted octanol–water partition coefficient (Wildman–Crippen LogP) is 4.54. The molecular formula is C24H21NO6. The fourth-order valence-electron chi connectivity index (χ4n) is 2.78. The summed E-state index contributed by atoms with van der Waals surface area (Å²) in [6, 6.07) is 16.3. The van der Waals surface area contributed by atoms with Crippen LogP contribution in [0.4, 0.5) is 5.69 Å². The minimum absolute atomic E-state index is 0.0441. The Labute approximate surface area is 179 Å². The van der Waals surface area contributed by atoms with Crippen molar-refractivity contribution in [1.29, 1.82) is 0 Å². The van der Waals surface area contributed by atoms with E-state index in [9.17, 15) is 19.2 Å². The van der Waals surface area contributed by atoms with Gasteiger partial charge in [-0.25, -0.2) is 4.79 Å². The summed E-state index contributed by atoms with van der Waals surface area (Å²) in [5.41, 5.74) is 2.28. The first-order valence-electron chi connectivity index (χ1n) is 9.58. The molecule has 0 saturated carbocycles. The van der Waals surface area contributed by atoms with Gasteiger partial charge in [0.05, 0.1) is 0 Å². The van der Waals surface area contributed by atoms with Gasteiger partial charge in [-0.05, 0) is 57.2 Å². The van der Waals surface area contributed by atoms with Crippen LogP contribution in [0.25, 0.3) is 11.3 Å². The maximum Gasteiger partial charge on any atom is 0.375 e. The van der Waals surface area contributed by atoms with Gasteiger partial charge in [0.2, 0.25) is 5.76 Å². The van der Waals surface area contributed by atoms with Crippen molar-refractivity contribution >= 4 is 29.1 Å². The molecule has 1 amide bonds. The Morgan fingerprint density at radius 3 is 1.90 bits per heavy atom. The quantitative estimate of drug-likeness (QED) is 0.446. The van der Waals surface area contributed by atoms with Gasteiger partial charge in [-0.3, -0.25) is 14.4 Å². The van der Waals surface area contributed by atoms with Crippen molar-refractivity contribution in [2.75, 3.05) is 5.32 Å². The first kappa shape index (κ1) is 21.7. The Morgan fingerprint density at radius 1 is 0.806 bits per heavy atom. The molecule has 7 heteroatoms. The lowest BCUT2D eigenvalue weighted by atomic mass is 10.1. The van der Waals surface area contributed by atoms with Crippen molar-refractivity contribution in [3.63, 3.8) is 0 Å². The zero-order chi connectivity index (χ0) is 22.5. The van der Waals surface area contributed by atoms with Crippen LogP contribution >= 0.6 is 0 Å². The molecule has 3 rings (SSSR count). The number of benzene rings is 2. The number of Topliss-reactive ketones (excluding diaryl/α,β-unsaturated/α-hetero) is 2. The maximum atomic E-state index is 12.3. The smallest absolute Gasteiger partial charge is 0.375 e. The van der Waals surface area contributed by atoms with Crippen LogP contribution in [-0.2, 0) is 9.53 Å². The maximum absolute atomic E-state index is 12.3. The van der Waals surface area contributed by atoms with Gasteiger partial charge < -0.3 is 14.5 Å². The van der Waals surface area contributed by atoms with Crippen LogP contribution < -0.4 is 5.32 Å². The summed E-state index contributed by atoms with van der Waals surface area (Å²) < 4.78 is 10.7. The van der Waals surface area contributed by atoms with Gasteiger partial charge in [-0.2, -0.15) is 0 Å². The Hall–Kier alpha value is -4.00. The Kier molecular flexibility index (Phi) is 6.45. The van der Waals surface area contributed by atoms with Crippen molar-refractivity contribution in [3.05, 3.63) is 77.6 Å². The second-order valence-electron chi connectivity index (χ2n) is 6.97. The minimum atomic E-state index is -1.07. The average molecular weight is 419 g/mol. The highest BCUT2D eigenvalue weighted by molar-refractivity contribution is 5.98. The lowest BCUT2D eigenvalue weighted by molar-refractivity contribution is -0.123. The fraction of sp³-hybridized carbons (Fsp3) is 0.167. The average Bonchev–Trinajstić information content (AvgIpc) is 3.24. The molecule has 0 fully saturated rings. The van der Waals surface area contributed by atoms with Crippen LogP contribution in [0.1, 0.15) is 52.0 Å². The molecule has 0 bridgehead atoms. The van der Waals surface area contributed by atoms with E-state index in [0.29, 0.717) is 28.1 Å². The highest BCUT2D eigenvalue weighted by Gasteiger charge is 2.21. The van der Waals surface area contributed by atoms with Crippen LogP contribution in [-0.4, -0.2) is 29.5 Å². The molecule has 0 aliphatic rings. The summed E-state index contributed by atoms with van der Waals surface area (Å²) in [5.74, 6) is -1.03. The van der Waals surface area contributed by atoms with Crippen molar-refractivity contribution in [1.82, 2.24) is 0 Å². The number of rotatable bonds is 7. The molecule has 7 nitrogen and oxygen atoms in total. The molecule has 0 unspecified atom stereocenters. The molecule has 1 N–H and O–H groups in total.